The van der Waals surface area contributed by atoms with Gasteiger partial charge < -0.3 is 20.1 Å². The summed E-state index contributed by atoms with van der Waals surface area (Å²) in [5, 5.41) is 33.4. The van der Waals surface area contributed by atoms with Crippen molar-refractivity contribution in [1.29, 1.82) is 0 Å². The molecule has 13 nitrogen and oxygen atoms in total. The van der Waals surface area contributed by atoms with Crippen LogP contribution in [0.25, 0.3) is 0 Å². The fraction of sp³-hybridized carbons (Fsp3) is 0.542. The van der Waals surface area contributed by atoms with E-state index >= 15 is 0 Å². The third kappa shape index (κ3) is 7.97. The van der Waals surface area contributed by atoms with Crippen LogP contribution in [0.15, 0.2) is 52.2 Å². The molecule has 2 aromatic rings. The van der Waals surface area contributed by atoms with Crippen molar-refractivity contribution in [3.8, 4) is 0 Å². The highest BCUT2D eigenvalue weighted by Gasteiger charge is 2.53. The number of thioether (sulfide) groups is 1. The van der Waals surface area contributed by atoms with Gasteiger partial charge in [0.1, 0.15) is 17.8 Å². The van der Waals surface area contributed by atoms with Crippen LogP contribution in [0.5, 0.6) is 0 Å². The molecule has 0 radical (unpaired) electrons. The third-order valence-electron chi connectivity index (χ3n) is 6.19. The Bertz CT molecular complexity index is 1280. The number of hydrogen-bond acceptors (Lipinski definition) is 11. The number of hydrogen-bond donors (Lipinski definition) is 5. The number of carbonyl (C=O) groups excluding carboxylic acids is 1. The molecule has 2 heterocycles. The van der Waals surface area contributed by atoms with Gasteiger partial charge in [0.05, 0.1) is 25.2 Å². The van der Waals surface area contributed by atoms with Gasteiger partial charge in [-0.15, -0.1) is 0 Å². The minimum absolute atomic E-state index is 0.113. The van der Waals surface area contributed by atoms with Gasteiger partial charge in [-0.1, -0.05) is 42.1 Å². The highest BCUT2D eigenvalue weighted by Crippen LogP contribution is 2.46. The zero-order chi connectivity index (χ0) is 28.8. The number of nitrogens with one attached hydrogen (secondary N) is 2. The Labute approximate surface area is 229 Å². The maximum absolute atomic E-state index is 13.6. The van der Waals surface area contributed by atoms with Crippen LogP contribution in [0.2, 0.25) is 0 Å². The molecule has 1 aliphatic rings. The summed E-state index contributed by atoms with van der Waals surface area (Å²) in [6.07, 6.45) is -3.06. The van der Waals surface area contributed by atoms with Crippen molar-refractivity contribution in [2.75, 3.05) is 25.6 Å². The van der Waals surface area contributed by atoms with Crippen LogP contribution in [0, 0.1) is 5.41 Å². The van der Waals surface area contributed by atoms with Crippen LogP contribution in [-0.4, -0.2) is 73.4 Å². The molecule has 1 aliphatic heterocycles. The normalized spacial score (nSPS) is 24.9. The van der Waals surface area contributed by atoms with Crippen molar-refractivity contribution in [3.63, 3.8) is 0 Å². The van der Waals surface area contributed by atoms with E-state index in [9.17, 15) is 34.3 Å². The van der Waals surface area contributed by atoms with Crippen LogP contribution in [0.3, 0.4) is 0 Å². The number of nitrogens with zero attached hydrogens (tertiary/aromatic N) is 1. The smallest absolute Gasteiger partial charge is 0.395 e. The van der Waals surface area contributed by atoms with E-state index in [0.717, 1.165) is 34.2 Å². The number of aromatic amines is 1. The summed E-state index contributed by atoms with van der Waals surface area (Å²) in [6, 6.07) is 10.1. The highest BCUT2D eigenvalue weighted by atomic mass is 32.2. The molecule has 0 saturated carbocycles. The minimum Gasteiger partial charge on any atom is -0.395 e. The number of aliphatic hydroxyl groups excluding tert-OH is 2. The number of ether oxygens (including phenoxy) is 1. The fourth-order valence-electron chi connectivity index (χ4n) is 3.54. The lowest BCUT2D eigenvalue weighted by atomic mass is 9.95. The van der Waals surface area contributed by atoms with E-state index in [4.69, 9.17) is 13.8 Å². The fourth-order valence-corrected chi connectivity index (χ4v) is 5.77. The first-order valence-electron chi connectivity index (χ1n) is 12.1. The number of H-pyrrole nitrogens is 1. The van der Waals surface area contributed by atoms with Crippen LogP contribution in [0.4, 0.5) is 0 Å². The second-order valence-corrected chi connectivity index (χ2v) is 12.7. The highest BCUT2D eigenvalue weighted by molar-refractivity contribution is 8.13. The van der Waals surface area contributed by atoms with Crippen LogP contribution in [0.1, 0.15) is 32.6 Å². The summed E-state index contributed by atoms with van der Waals surface area (Å²) < 4.78 is 31.3. The van der Waals surface area contributed by atoms with Gasteiger partial charge >= 0.3 is 13.4 Å². The Hall–Kier alpha value is -2.13. The number of benzene rings is 1. The molecule has 3 unspecified atom stereocenters. The molecule has 1 fully saturated rings. The Kier molecular flexibility index (Phi) is 10.5. The van der Waals surface area contributed by atoms with Gasteiger partial charge in [0.15, 0.2) is 11.3 Å². The average molecular weight is 588 g/mol. The first-order valence-corrected chi connectivity index (χ1v) is 14.7. The molecule has 3 rings (SSSR count). The summed E-state index contributed by atoms with van der Waals surface area (Å²) in [6.45, 7) is 3.64. The standard InChI is InChI=1S/C24H34N3O10PS/c1-23(2,15-28)21(31)39-12-11-35-38(34,25-13-16-7-5-4-6-8-16)36-14-17-24(3,33)19(30)20(37-17)27-10-9-18(29)26-22(27)32/h4-10,17,19-20,28,30,33H,11-15H2,1-3H3,(H,25,34)(H,26,29,32)/t17-,19?,20?,24+,38?/m1/s1. The Morgan fingerprint density at radius 3 is 2.59 bits per heavy atom. The Morgan fingerprint density at radius 2 is 1.95 bits per heavy atom. The van der Waals surface area contributed by atoms with Gasteiger partial charge in [0.25, 0.3) is 5.56 Å². The van der Waals surface area contributed by atoms with Gasteiger partial charge in [-0.2, -0.15) is 0 Å². The van der Waals surface area contributed by atoms with Gasteiger partial charge in [-0.3, -0.25) is 28.2 Å². The molecule has 15 heteroatoms. The Balaban J connectivity index is 1.69. The molecule has 1 aromatic carbocycles. The average Bonchev–Trinajstić information content (AvgIpc) is 3.12. The molecule has 5 N–H and O–H groups in total. The second kappa shape index (κ2) is 13.0. The molecule has 0 amide bonds. The molecule has 39 heavy (non-hydrogen) atoms. The van der Waals surface area contributed by atoms with Crippen molar-refractivity contribution >= 4 is 24.6 Å². The lowest BCUT2D eigenvalue weighted by Gasteiger charge is -2.27. The Morgan fingerprint density at radius 1 is 1.26 bits per heavy atom. The SMILES string of the molecule is CC(C)(CO)C(=O)SCCOP(=O)(NCc1ccccc1)OC[C@H]1OC(n2ccc(=O)[nH]c2=O)C(O)[C@@]1(C)O. The molecule has 1 saturated heterocycles. The summed E-state index contributed by atoms with van der Waals surface area (Å²) in [4.78, 5) is 37.9. The number of carbonyl (C=O) groups is 1. The van der Waals surface area contributed by atoms with Crippen molar-refractivity contribution in [2.24, 2.45) is 5.41 Å². The molecule has 216 valence electrons. The monoisotopic (exact) mass is 587 g/mol. The van der Waals surface area contributed by atoms with Crippen molar-refractivity contribution in [2.45, 2.75) is 51.4 Å². The lowest BCUT2D eigenvalue weighted by Crippen LogP contribution is -2.47. The predicted octanol–water partition coefficient (Wildman–Crippen LogP) is 0.755. The van der Waals surface area contributed by atoms with Gasteiger partial charge in [-0.25, -0.2) is 14.4 Å². The molecule has 1 aromatic heterocycles. The van der Waals surface area contributed by atoms with E-state index in [1.165, 1.54) is 6.92 Å². The van der Waals surface area contributed by atoms with Crippen molar-refractivity contribution in [1.82, 2.24) is 14.6 Å². The van der Waals surface area contributed by atoms with E-state index in [1.54, 1.807) is 38.1 Å². The first-order chi connectivity index (χ1) is 18.3. The van der Waals surface area contributed by atoms with Crippen LogP contribution in [-0.2, 0) is 29.7 Å². The number of aliphatic hydroxyl groups is 3. The van der Waals surface area contributed by atoms with Gasteiger partial charge in [0.2, 0.25) is 0 Å². The number of rotatable bonds is 13. The molecule has 0 bridgehead atoms. The lowest BCUT2D eigenvalue weighted by molar-refractivity contribution is -0.119. The van der Waals surface area contributed by atoms with Crippen molar-refractivity contribution in [3.05, 3.63) is 69.0 Å². The van der Waals surface area contributed by atoms with Gasteiger partial charge in [-0.05, 0) is 26.3 Å². The summed E-state index contributed by atoms with van der Waals surface area (Å²) in [5.41, 5.74) is -3.57. The summed E-state index contributed by atoms with van der Waals surface area (Å²) in [7, 11) is -4.04. The molecule has 0 aliphatic carbocycles. The number of aromatic nitrogens is 2. The predicted molar refractivity (Wildman–Crippen MR) is 143 cm³/mol. The molecular formula is C24H34N3O10PS. The summed E-state index contributed by atoms with van der Waals surface area (Å²) >= 11 is 0.923. The topological polar surface area (TPSA) is 189 Å². The molecular weight excluding hydrogens is 553 g/mol. The van der Waals surface area contributed by atoms with Crippen LogP contribution >= 0.6 is 19.5 Å². The molecule has 5 atom stereocenters. The van der Waals surface area contributed by atoms with E-state index in [1.807, 2.05) is 11.1 Å². The first kappa shape index (κ1) is 31.4. The maximum Gasteiger partial charge on any atom is 0.405 e. The summed E-state index contributed by atoms with van der Waals surface area (Å²) in [5.74, 6) is 0.135. The largest absolute Gasteiger partial charge is 0.405 e. The van der Waals surface area contributed by atoms with E-state index in [2.05, 4.69) is 5.09 Å². The third-order valence-corrected chi connectivity index (χ3v) is 8.93. The quantitative estimate of drug-likeness (QED) is 0.164. The second-order valence-electron chi connectivity index (χ2n) is 9.83. The van der Waals surface area contributed by atoms with E-state index in [-0.39, 0.29) is 30.6 Å². The van der Waals surface area contributed by atoms with Crippen molar-refractivity contribution < 1.29 is 38.5 Å². The van der Waals surface area contributed by atoms with E-state index in [0.29, 0.717) is 0 Å². The van der Waals surface area contributed by atoms with Gasteiger partial charge in [0, 0.05) is 24.6 Å². The van der Waals surface area contributed by atoms with E-state index < -0.39 is 55.1 Å². The minimum atomic E-state index is -4.04. The van der Waals surface area contributed by atoms with Crippen LogP contribution < -0.4 is 16.3 Å². The molecule has 0 spiro atoms. The maximum atomic E-state index is 13.6. The zero-order valence-corrected chi connectivity index (χ0v) is 23.5. The zero-order valence-electron chi connectivity index (χ0n) is 21.8.